The molecule has 1 fully saturated rings. The number of carbonyl (C=O) groups excluding carboxylic acids is 2. The minimum absolute atomic E-state index is 0.0347. The summed E-state index contributed by atoms with van der Waals surface area (Å²) < 4.78 is 14.1. The van der Waals surface area contributed by atoms with Crippen molar-refractivity contribution in [1.29, 1.82) is 0 Å². The van der Waals surface area contributed by atoms with Crippen molar-refractivity contribution in [1.82, 2.24) is 15.2 Å². The first-order chi connectivity index (χ1) is 14.4. The van der Waals surface area contributed by atoms with Crippen LogP contribution in [0.25, 0.3) is 0 Å². The van der Waals surface area contributed by atoms with Crippen molar-refractivity contribution < 1.29 is 14.0 Å². The minimum atomic E-state index is -0.778. The Kier molecular flexibility index (Phi) is 7.36. The highest BCUT2D eigenvalue weighted by atomic mass is 35.5. The van der Waals surface area contributed by atoms with Crippen molar-refractivity contribution in [2.24, 2.45) is 5.73 Å². The topological polar surface area (TPSA) is 100 Å². The number of ketones is 1. The Morgan fingerprint density at radius 3 is 2.97 bits per heavy atom. The number of nitrogens with zero attached hydrogens (tertiary/aromatic N) is 2. The molecule has 1 saturated heterocycles. The summed E-state index contributed by atoms with van der Waals surface area (Å²) in [6.07, 6.45) is 4.55. The van der Waals surface area contributed by atoms with Gasteiger partial charge in [-0.05, 0) is 31.9 Å². The van der Waals surface area contributed by atoms with E-state index in [1.165, 1.54) is 13.0 Å². The second-order valence-corrected chi connectivity index (χ2v) is 7.65. The largest absolute Gasteiger partial charge is 0.375 e. The Morgan fingerprint density at radius 1 is 1.40 bits per heavy atom. The molecule has 4 N–H and O–H groups in total. The van der Waals surface area contributed by atoms with Crippen LogP contribution in [0, 0.1) is 5.82 Å². The molecule has 0 radical (unpaired) electrons. The molecule has 2 heterocycles. The molecule has 1 aliphatic rings. The highest BCUT2D eigenvalue weighted by Gasteiger charge is 2.28. The zero-order valence-electron chi connectivity index (χ0n) is 16.7. The number of pyridine rings is 1. The first kappa shape index (κ1) is 22.1. The standard InChI is InChI=1S/C21H25ClFN5O2/c1-13(29)21(24)15-7-8-25-11-17(15)26-12-19(30)28-9-3-6-18(28)27-10-14-4-2-5-16(22)20(14)23/h2,4-5,7-8,11,18,21,26-27H,3,6,9-10,12,24H2,1H3. The van der Waals surface area contributed by atoms with Gasteiger partial charge in [0.15, 0.2) is 5.78 Å². The lowest BCUT2D eigenvalue weighted by atomic mass is 10.0. The number of carbonyl (C=O) groups is 2. The van der Waals surface area contributed by atoms with Crippen molar-refractivity contribution >= 4 is 29.0 Å². The van der Waals surface area contributed by atoms with E-state index in [4.69, 9.17) is 17.3 Å². The quantitative estimate of drug-likeness (QED) is 0.591. The van der Waals surface area contributed by atoms with Gasteiger partial charge in [0.25, 0.3) is 0 Å². The first-order valence-corrected chi connectivity index (χ1v) is 10.2. The van der Waals surface area contributed by atoms with E-state index in [-0.39, 0.29) is 36.0 Å². The summed E-state index contributed by atoms with van der Waals surface area (Å²) in [5, 5.41) is 6.36. The molecular formula is C21H25ClFN5O2. The lowest BCUT2D eigenvalue weighted by Gasteiger charge is -2.26. The Labute approximate surface area is 179 Å². The van der Waals surface area contributed by atoms with Crippen LogP contribution >= 0.6 is 11.6 Å². The van der Waals surface area contributed by atoms with Gasteiger partial charge in [0.1, 0.15) is 5.82 Å². The lowest BCUT2D eigenvalue weighted by molar-refractivity contribution is -0.130. The number of benzene rings is 1. The van der Waals surface area contributed by atoms with Crippen LogP contribution in [-0.4, -0.2) is 40.8 Å². The third kappa shape index (κ3) is 5.13. The molecule has 1 aliphatic heterocycles. The SMILES string of the molecule is CC(=O)C(N)c1ccncc1NCC(=O)N1CCCC1NCc1cccc(Cl)c1F. The molecule has 2 atom stereocenters. The third-order valence-electron chi connectivity index (χ3n) is 5.19. The first-order valence-electron chi connectivity index (χ1n) is 9.78. The van der Waals surface area contributed by atoms with Crippen LogP contribution < -0.4 is 16.4 Å². The highest BCUT2D eigenvalue weighted by Crippen LogP contribution is 2.22. The number of likely N-dealkylation sites (tertiary alicyclic amines) is 1. The maximum Gasteiger partial charge on any atom is 0.243 e. The monoisotopic (exact) mass is 433 g/mol. The molecule has 160 valence electrons. The fourth-order valence-corrected chi connectivity index (χ4v) is 3.70. The van der Waals surface area contributed by atoms with E-state index in [1.54, 1.807) is 35.5 Å². The van der Waals surface area contributed by atoms with Crippen LogP contribution in [0.4, 0.5) is 10.1 Å². The fraction of sp³-hybridized carbons (Fsp3) is 0.381. The average molecular weight is 434 g/mol. The van der Waals surface area contributed by atoms with Crippen LogP contribution in [0.2, 0.25) is 5.02 Å². The van der Waals surface area contributed by atoms with E-state index in [0.29, 0.717) is 23.4 Å². The summed E-state index contributed by atoms with van der Waals surface area (Å²) in [5.74, 6) is -0.731. The van der Waals surface area contributed by atoms with Crippen LogP contribution in [0.5, 0.6) is 0 Å². The molecule has 30 heavy (non-hydrogen) atoms. The molecule has 1 aromatic heterocycles. The Hall–Kier alpha value is -2.55. The number of hydrogen-bond donors (Lipinski definition) is 3. The second-order valence-electron chi connectivity index (χ2n) is 7.24. The summed E-state index contributed by atoms with van der Waals surface area (Å²) in [5.41, 5.74) is 7.55. The molecule has 0 saturated carbocycles. The minimum Gasteiger partial charge on any atom is -0.375 e. The van der Waals surface area contributed by atoms with Gasteiger partial charge in [-0.15, -0.1) is 0 Å². The average Bonchev–Trinajstić information content (AvgIpc) is 3.21. The Balaban J connectivity index is 1.60. The van der Waals surface area contributed by atoms with E-state index >= 15 is 0 Å². The van der Waals surface area contributed by atoms with E-state index < -0.39 is 11.9 Å². The van der Waals surface area contributed by atoms with Gasteiger partial charge in [0, 0.05) is 30.4 Å². The molecular weight excluding hydrogens is 409 g/mol. The van der Waals surface area contributed by atoms with Crippen molar-refractivity contribution in [3.8, 4) is 0 Å². The summed E-state index contributed by atoms with van der Waals surface area (Å²) in [4.78, 5) is 30.2. The normalized spacial score (nSPS) is 17.1. The number of halogens is 2. The maximum absolute atomic E-state index is 14.1. The van der Waals surface area contributed by atoms with Crippen molar-refractivity contribution in [2.45, 2.75) is 38.5 Å². The molecule has 9 heteroatoms. The number of amides is 1. The summed E-state index contributed by atoms with van der Waals surface area (Å²) >= 11 is 5.83. The molecule has 3 rings (SSSR count). The highest BCUT2D eigenvalue weighted by molar-refractivity contribution is 6.30. The number of nitrogens with one attached hydrogen (secondary N) is 2. The van der Waals surface area contributed by atoms with Gasteiger partial charge in [-0.1, -0.05) is 23.7 Å². The molecule has 2 aromatic rings. The lowest BCUT2D eigenvalue weighted by Crippen LogP contribution is -2.46. The van der Waals surface area contributed by atoms with Crippen molar-refractivity contribution in [3.05, 3.63) is 58.6 Å². The molecule has 0 bridgehead atoms. The summed E-state index contributed by atoms with van der Waals surface area (Å²) in [6, 6.07) is 5.75. The van der Waals surface area contributed by atoms with E-state index in [1.807, 2.05) is 0 Å². The predicted molar refractivity (Wildman–Crippen MR) is 113 cm³/mol. The van der Waals surface area contributed by atoms with Crippen LogP contribution in [0.3, 0.4) is 0 Å². The number of hydrogen-bond acceptors (Lipinski definition) is 6. The molecule has 0 aliphatic carbocycles. The smallest absolute Gasteiger partial charge is 0.243 e. The van der Waals surface area contributed by atoms with Crippen molar-refractivity contribution in [2.75, 3.05) is 18.4 Å². The number of rotatable bonds is 8. The van der Waals surface area contributed by atoms with Gasteiger partial charge in [-0.3, -0.25) is 19.9 Å². The molecule has 7 nitrogen and oxygen atoms in total. The van der Waals surface area contributed by atoms with Crippen LogP contribution in [0.15, 0.2) is 36.7 Å². The zero-order chi connectivity index (χ0) is 21.7. The zero-order valence-corrected chi connectivity index (χ0v) is 17.5. The van der Waals surface area contributed by atoms with Gasteiger partial charge >= 0.3 is 0 Å². The Morgan fingerprint density at radius 2 is 2.20 bits per heavy atom. The predicted octanol–water partition coefficient (Wildman–Crippen LogP) is 2.61. The van der Waals surface area contributed by atoms with Gasteiger partial charge in [0.05, 0.1) is 35.7 Å². The number of anilines is 1. The number of Topliss-reactive ketones (excluding diaryl/α,β-unsaturated/α-hetero) is 1. The summed E-state index contributed by atoms with van der Waals surface area (Å²) in [7, 11) is 0. The van der Waals surface area contributed by atoms with Crippen molar-refractivity contribution in [3.63, 3.8) is 0 Å². The molecule has 2 unspecified atom stereocenters. The number of nitrogens with two attached hydrogens (primary N) is 1. The van der Waals surface area contributed by atoms with Crippen LogP contribution in [0.1, 0.15) is 36.9 Å². The Bertz CT molecular complexity index is 926. The molecule has 0 spiro atoms. The van der Waals surface area contributed by atoms with E-state index in [9.17, 15) is 14.0 Å². The van der Waals surface area contributed by atoms with Gasteiger partial charge in [0.2, 0.25) is 5.91 Å². The van der Waals surface area contributed by atoms with Gasteiger partial charge < -0.3 is 16.0 Å². The van der Waals surface area contributed by atoms with Gasteiger partial charge in [-0.2, -0.15) is 0 Å². The third-order valence-corrected chi connectivity index (χ3v) is 5.48. The van der Waals surface area contributed by atoms with E-state index in [2.05, 4.69) is 15.6 Å². The number of aromatic nitrogens is 1. The fourth-order valence-electron chi connectivity index (χ4n) is 3.51. The second kappa shape index (κ2) is 9.97. The van der Waals surface area contributed by atoms with E-state index in [0.717, 1.165) is 12.8 Å². The maximum atomic E-state index is 14.1. The molecule has 1 aromatic carbocycles. The molecule has 1 amide bonds. The van der Waals surface area contributed by atoms with Gasteiger partial charge in [-0.25, -0.2) is 4.39 Å². The van der Waals surface area contributed by atoms with Crippen LogP contribution in [-0.2, 0) is 16.1 Å². The summed E-state index contributed by atoms with van der Waals surface area (Å²) in [6.45, 7) is 2.34.